The Bertz CT molecular complexity index is 924. The summed E-state index contributed by atoms with van der Waals surface area (Å²) in [4.78, 5) is 11.5. The number of benzene rings is 1. The molecule has 4 rings (SSSR count). The number of H-pyrrole nitrogens is 1. The zero-order chi connectivity index (χ0) is 13.7. The molecule has 1 aromatic carbocycles. The maximum absolute atomic E-state index is 5.99. The molecular weight excluding hydrogens is 254 g/mol. The summed E-state index contributed by atoms with van der Waals surface area (Å²) in [6.07, 6.45) is 3.37. The molecule has 20 heavy (non-hydrogen) atoms. The maximum Gasteiger partial charge on any atom is 0.199 e. The Kier molecular flexibility index (Phi) is 2.03. The van der Waals surface area contributed by atoms with E-state index < -0.39 is 0 Å². The highest BCUT2D eigenvalue weighted by Gasteiger charge is 2.15. The van der Waals surface area contributed by atoms with Crippen LogP contribution in [0.1, 0.15) is 0 Å². The van der Waals surface area contributed by atoms with Gasteiger partial charge in [0, 0.05) is 22.5 Å². The van der Waals surface area contributed by atoms with Crippen LogP contribution >= 0.6 is 0 Å². The monoisotopic (exact) mass is 265 g/mol. The number of anilines is 2. The molecule has 0 saturated carbocycles. The summed E-state index contributed by atoms with van der Waals surface area (Å²) in [5, 5.41) is 1.75. The fourth-order valence-electron chi connectivity index (χ4n) is 2.53. The Balaban J connectivity index is 2.22. The van der Waals surface area contributed by atoms with Gasteiger partial charge in [0.1, 0.15) is 11.6 Å². The van der Waals surface area contributed by atoms with E-state index in [1.807, 2.05) is 24.3 Å². The van der Waals surface area contributed by atoms with Crippen molar-refractivity contribution in [3.8, 4) is 11.3 Å². The predicted octanol–water partition coefficient (Wildman–Crippen LogP) is 2.54. The lowest BCUT2D eigenvalue weighted by Crippen LogP contribution is -2.01. The predicted molar refractivity (Wildman–Crippen MR) is 77.9 cm³/mol. The van der Waals surface area contributed by atoms with Crippen LogP contribution in [0, 0.1) is 0 Å². The van der Waals surface area contributed by atoms with Crippen molar-refractivity contribution in [3.63, 3.8) is 0 Å². The van der Waals surface area contributed by atoms with Crippen molar-refractivity contribution in [1.82, 2.24) is 15.0 Å². The molecule has 0 aliphatic heterocycles. The first-order chi connectivity index (χ1) is 9.74. The van der Waals surface area contributed by atoms with E-state index in [0.29, 0.717) is 5.82 Å². The van der Waals surface area contributed by atoms with Gasteiger partial charge < -0.3 is 20.9 Å². The molecule has 0 fully saturated rings. The van der Waals surface area contributed by atoms with Crippen LogP contribution in [0.15, 0.2) is 41.1 Å². The molecule has 3 aromatic heterocycles. The molecule has 3 heterocycles. The van der Waals surface area contributed by atoms with Gasteiger partial charge in [-0.25, -0.2) is 0 Å². The van der Waals surface area contributed by atoms with Gasteiger partial charge >= 0.3 is 0 Å². The lowest BCUT2D eigenvalue weighted by Gasteiger charge is -2.08. The van der Waals surface area contributed by atoms with Crippen LogP contribution in [0.2, 0.25) is 0 Å². The molecule has 0 bridgehead atoms. The number of rotatable bonds is 1. The normalized spacial score (nSPS) is 11.4. The summed E-state index contributed by atoms with van der Waals surface area (Å²) in [5.74, 6) is 1.41. The zero-order valence-corrected chi connectivity index (χ0v) is 10.4. The first kappa shape index (κ1) is 10.9. The maximum atomic E-state index is 5.99. The third-order valence-corrected chi connectivity index (χ3v) is 3.33. The first-order valence-electron chi connectivity index (χ1n) is 6.10. The third kappa shape index (κ3) is 1.38. The van der Waals surface area contributed by atoms with Gasteiger partial charge in [-0.2, -0.15) is 4.98 Å². The van der Waals surface area contributed by atoms with Gasteiger partial charge in [0.15, 0.2) is 5.95 Å². The summed E-state index contributed by atoms with van der Waals surface area (Å²) in [6.45, 7) is 0. The smallest absolute Gasteiger partial charge is 0.199 e. The number of nitrogen functional groups attached to an aromatic ring is 2. The van der Waals surface area contributed by atoms with Gasteiger partial charge in [-0.3, -0.25) is 4.98 Å². The van der Waals surface area contributed by atoms with Crippen molar-refractivity contribution in [2.45, 2.75) is 0 Å². The molecule has 98 valence electrons. The van der Waals surface area contributed by atoms with Gasteiger partial charge in [0.2, 0.25) is 0 Å². The Morgan fingerprint density at radius 1 is 1.20 bits per heavy atom. The quantitative estimate of drug-likeness (QED) is 0.490. The highest BCUT2D eigenvalue weighted by Crippen LogP contribution is 2.35. The number of furan rings is 1. The summed E-state index contributed by atoms with van der Waals surface area (Å²) < 4.78 is 5.47. The number of nitrogens with zero attached hydrogens (tertiary/aromatic N) is 2. The molecule has 4 aromatic rings. The third-order valence-electron chi connectivity index (χ3n) is 3.33. The van der Waals surface area contributed by atoms with E-state index >= 15 is 0 Å². The highest BCUT2D eigenvalue weighted by molar-refractivity contribution is 6.14. The van der Waals surface area contributed by atoms with Gasteiger partial charge in [-0.05, 0) is 24.3 Å². The molecule has 0 unspecified atom stereocenters. The van der Waals surface area contributed by atoms with E-state index in [-0.39, 0.29) is 5.95 Å². The van der Waals surface area contributed by atoms with Crippen LogP contribution in [0.3, 0.4) is 0 Å². The van der Waals surface area contributed by atoms with Gasteiger partial charge in [0.05, 0.1) is 17.3 Å². The van der Waals surface area contributed by atoms with Crippen LogP contribution in [-0.4, -0.2) is 15.0 Å². The second-order valence-electron chi connectivity index (χ2n) is 4.54. The Morgan fingerprint density at radius 3 is 2.90 bits per heavy atom. The number of fused-ring (bicyclic) bond motifs is 3. The minimum absolute atomic E-state index is 0.277. The Hall–Kier alpha value is -3.02. The van der Waals surface area contributed by atoms with E-state index in [0.717, 1.165) is 33.1 Å². The molecule has 6 nitrogen and oxygen atoms in total. The molecule has 0 spiro atoms. The summed E-state index contributed by atoms with van der Waals surface area (Å²) in [5.41, 5.74) is 14.2. The molecule has 0 aliphatic carbocycles. The minimum Gasteiger partial charge on any atom is -0.464 e. The van der Waals surface area contributed by atoms with E-state index in [9.17, 15) is 0 Å². The van der Waals surface area contributed by atoms with E-state index in [1.165, 1.54) is 0 Å². The standard InChI is InChI=1S/C14H11N5O/c15-13-11-7-3-4-17-12(7)8(10-2-1-5-20-10)6-9(11)18-14(16)19-13/h1-6H,15H2,(H3,16,18,19). The number of nitrogens with two attached hydrogens (primary N) is 2. The zero-order valence-electron chi connectivity index (χ0n) is 10.4. The molecule has 0 aliphatic rings. The number of aromatic amines is 1. The van der Waals surface area contributed by atoms with E-state index in [2.05, 4.69) is 15.0 Å². The lowest BCUT2D eigenvalue weighted by molar-refractivity contribution is 0.583. The minimum atomic E-state index is 0.277. The number of nitrogens with one attached hydrogen (secondary N) is 1. The summed E-state index contributed by atoms with van der Waals surface area (Å²) in [7, 11) is 0. The van der Waals surface area contributed by atoms with Crippen molar-refractivity contribution in [1.29, 1.82) is 0 Å². The van der Waals surface area contributed by atoms with Crippen LogP contribution in [0.25, 0.3) is 33.1 Å². The van der Waals surface area contributed by atoms with Crippen LogP contribution in [0.4, 0.5) is 11.8 Å². The molecule has 0 atom stereocenters. The number of aromatic nitrogens is 3. The fourth-order valence-corrected chi connectivity index (χ4v) is 2.53. The SMILES string of the molecule is Nc1nc(N)c2c(cc(-c3ccco3)c3nccc32)[nH]1. The Morgan fingerprint density at radius 2 is 2.10 bits per heavy atom. The summed E-state index contributed by atoms with van der Waals surface area (Å²) in [6, 6.07) is 7.57. The van der Waals surface area contributed by atoms with Crippen LogP contribution in [0.5, 0.6) is 0 Å². The second kappa shape index (κ2) is 3.74. The van der Waals surface area contributed by atoms with Crippen LogP contribution in [-0.2, 0) is 0 Å². The second-order valence-corrected chi connectivity index (χ2v) is 4.54. The van der Waals surface area contributed by atoms with Crippen molar-refractivity contribution in [3.05, 3.63) is 36.7 Å². The van der Waals surface area contributed by atoms with E-state index in [1.54, 1.807) is 12.5 Å². The average molecular weight is 265 g/mol. The van der Waals surface area contributed by atoms with Crippen molar-refractivity contribution in [2.24, 2.45) is 0 Å². The molecule has 0 amide bonds. The highest BCUT2D eigenvalue weighted by atomic mass is 16.3. The topological polar surface area (TPSA) is 107 Å². The molecule has 0 saturated heterocycles. The van der Waals surface area contributed by atoms with Crippen molar-refractivity contribution < 1.29 is 4.42 Å². The van der Waals surface area contributed by atoms with Crippen LogP contribution < -0.4 is 11.5 Å². The van der Waals surface area contributed by atoms with Gasteiger partial charge in [-0.15, -0.1) is 0 Å². The summed E-state index contributed by atoms with van der Waals surface area (Å²) >= 11 is 0. The number of hydrogen-bond donors (Lipinski definition) is 3. The lowest BCUT2D eigenvalue weighted by atomic mass is 10.0. The molecule has 6 heteroatoms. The molecule has 0 radical (unpaired) electrons. The van der Waals surface area contributed by atoms with Crippen molar-refractivity contribution >= 4 is 33.6 Å². The van der Waals surface area contributed by atoms with Crippen molar-refractivity contribution in [2.75, 3.05) is 11.5 Å². The largest absolute Gasteiger partial charge is 0.464 e. The van der Waals surface area contributed by atoms with Gasteiger partial charge in [-0.1, -0.05) is 0 Å². The fraction of sp³-hybridized carbons (Fsp3) is 0. The first-order valence-corrected chi connectivity index (χ1v) is 6.10. The number of hydrogen-bond acceptors (Lipinski definition) is 5. The molecular formula is C14H11N5O. The average Bonchev–Trinajstić information content (AvgIpc) is 3.08. The van der Waals surface area contributed by atoms with Gasteiger partial charge in [0.25, 0.3) is 0 Å². The van der Waals surface area contributed by atoms with E-state index in [4.69, 9.17) is 15.9 Å². The Labute approximate surface area is 113 Å². The molecule has 5 N–H and O–H groups in total.